The average molecular weight is 380 g/mol. The van der Waals surface area contributed by atoms with Crippen LogP contribution in [0, 0.1) is 0 Å². The maximum Gasteiger partial charge on any atom is 0.243 e. The minimum Gasteiger partial charge on any atom is -0.347 e. The molecule has 0 fully saturated rings. The van der Waals surface area contributed by atoms with Crippen LogP contribution in [0.25, 0.3) is 16.6 Å². The van der Waals surface area contributed by atoms with E-state index >= 15 is 0 Å². The first-order valence-electron chi connectivity index (χ1n) is 8.77. The number of benzene rings is 2. The van der Waals surface area contributed by atoms with Gasteiger partial charge in [-0.1, -0.05) is 36.4 Å². The van der Waals surface area contributed by atoms with E-state index in [1.54, 1.807) is 4.68 Å². The average Bonchev–Trinajstić information content (AvgIpc) is 3.34. The van der Waals surface area contributed by atoms with E-state index in [1.807, 2.05) is 48.7 Å². The molecule has 0 spiro atoms. The van der Waals surface area contributed by atoms with E-state index in [-0.39, 0.29) is 4.90 Å². The third kappa shape index (κ3) is 3.79. The van der Waals surface area contributed by atoms with E-state index in [4.69, 9.17) is 0 Å². The van der Waals surface area contributed by atoms with Crippen LogP contribution in [0.4, 0.5) is 0 Å². The Balaban J connectivity index is 1.37. The molecule has 2 aromatic heterocycles. The van der Waals surface area contributed by atoms with E-state index in [1.165, 1.54) is 17.8 Å². The minimum absolute atomic E-state index is 0.165. The van der Waals surface area contributed by atoms with Crippen LogP contribution in [0.3, 0.4) is 0 Å². The Kier molecular flexibility index (Phi) is 4.79. The molecule has 7 heteroatoms. The van der Waals surface area contributed by atoms with Crippen LogP contribution in [-0.2, 0) is 16.6 Å². The van der Waals surface area contributed by atoms with E-state index in [0.29, 0.717) is 13.0 Å². The summed E-state index contributed by atoms with van der Waals surface area (Å²) in [5.41, 5.74) is 1.97. The summed E-state index contributed by atoms with van der Waals surface area (Å²) in [6.45, 7) is 1.12. The molecule has 0 unspecified atom stereocenters. The highest BCUT2D eigenvalue weighted by atomic mass is 32.2. The van der Waals surface area contributed by atoms with Gasteiger partial charge in [0.2, 0.25) is 10.0 Å². The molecule has 0 aliphatic carbocycles. The quantitative estimate of drug-likeness (QED) is 0.501. The molecular weight excluding hydrogens is 360 g/mol. The van der Waals surface area contributed by atoms with Crippen molar-refractivity contribution >= 4 is 20.9 Å². The van der Waals surface area contributed by atoms with Crippen molar-refractivity contribution in [1.29, 1.82) is 0 Å². The summed E-state index contributed by atoms with van der Waals surface area (Å²) in [6.07, 6.45) is 5.62. The molecule has 0 bridgehead atoms. The number of nitrogens with one attached hydrogen (secondary N) is 1. The number of aryl methyl sites for hydroxylation is 1. The summed E-state index contributed by atoms with van der Waals surface area (Å²) in [6, 6.07) is 19.6. The lowest BCUT2D eigenvalue weighted by Crippen LogP contribution is -2.25. The number of hydrogen-bond acceptors (Lipinski definition) is 3. The van der Waals surface area contributed by atoms with Crippen molar-refractivity contribution in [3.63, 3.8) is 0 Å². The highest BCUT2D eigenvalue weighted by Gasteiger charge is 2.16. The van der Waals surface area contributed by atoms with E-state index in [9.17, 15) is 8.42 Å². The van der Waals surface area contributed by atoms with Crippen LogP contribution in [0.5, 0.6) is 0 Å². The number of nitrogens with zero attached hydrogens (tertiary/aromatic N) is 3. The smallest absolute Gasteiger partial charge is 0.243 e. The summed E-state index contributed by atoms with van der Waals surface area (Å²) < 4.78 is 31.3. The monoisotopic (exact) mass is 380 g/mol. The lowest BCUT2D eigenvalue weighted by atomic mass is 10.2. The lowest BCUT2D eigenvalue weighted by Gasteiger charge is -2.07. The van der Waals surface area contributed by atoms with Gasteiger partial charge in [-0.3, -0.25) is 0 Å². The molecule has 1 N–H and O–H groups in total. The second kappa shape index (κ2) is 7.38. The molecule has 0 radical (unpaired) electrons. The molecule has 27 heavy (non-hydrogen) atoms. The molecule has 4 rings (SSSR count). The maximum atomic E-state index is 12.5. The Hall–Kier alpha value is -2.90. The predicted molar refractivity (Wildman–Crippen MR) is 105 cm³/mol. The van der Waals surface area contributed by atoms with Gasteiger partial charge in [0.05, 0.1) is 18.1 Å². The zero-order chi connectivity index (χ0) is 18.7. The van der Waals surface area contributed by atoms with Gasteiger partial charge in [0.1, 0.15) is 4.90 Å². The number of rotatable bonds is 7. The molecule has 4 aromatic rings. The predicted octanol–water partition coefficient (Wildman–Crippen LogP) is 3.20. The van der Waals surface area contributed by atoms with Crippen LogP contribution in [-0.4, -0.2) is 29.3 Å². The Labute approximate surface area is 158 Å². The molecule has 0 aliphatic heterocycles. The molecule has 0 aliphatic rings. The van der Waals surface area contributed by atoms with Gasteiger partial charge >= 0.3 is 0 Å². The molecule has 0 saturated carbocycles. The first kappa shape index (κ1) is 17.5. The van der Waals surface area contributed by atoms with Crippen molar-refractivity contribution in [3.05, 3.63) is 79.3 Å². The summed E-state index contributed by atoms with van der Waals surface area (Å²) in [5.74, 6) is 0. The molecular formula is C20H20N4O2S. The molecule has 138 valence electrons. The third-order valence-electron chi connectivity index (χ3n) is 4.44. The Morgan fingerprint density at radius 1 is 0.963 bits per heavy atom. The molecule has 2 aromatic carbocycles. The van der Waals surface area contributed by atoms with Gasteiger partial charge in [-0.05, 0) is 36.1 Å². The van der Waals surface area contributed by atoms with Crippen LogP contribution >= 0.6 is 0 Å². The van der Waals surface area contributed by atoms with Crippen molar-refractivity contribution in [1.82, 2.24) is 19.1 Å². The van der Waals surface area contributed by atoms with Crippen molar-refractivity contribution in [2.75, 3.05) is 6.54 Å². The number of aromatic nitrogens is 3. The van der Waals surface area contributed by atoms with Crippen molar-refractivity contribution < 1.29 is 8.42 Å². The van der Waals surface area contributed by atoms with E-state index < -0.39 is 10.0 Å². The van der Waals surface area contributed by atoms with Crippen molar-refractivity contribution in [2.24, 2.45) is 0 Å². The lowest BCUT2D eigenvalue weighted by molar-refractivity contribution is 0.572. The van der Waals surface area contributed by atoms with Crippen LogP contribution in [0.2, 0.25) is 0 Å². The summed E-state index contributed by atoms with van der Waals surface area (Å²) in [5, 5.41) is 5.34. The Morgan fingerprint density at radius 3 is 2.59 bits per heavy atom. The van der Waals surface area contributed by atoms with Crippen LogP contribution in [0.1, 0.15) is 6.42 Å². The first-order valence-corrected chi connectivity index (χ1v) is 10.3. The fourth-order valence-electron chi connectivity index (χ4n) is 3.04. The van der Waals surface area contributed by atoms with Gasteiger partial charge in [-0.2, -0.15) is 5.10 Å². The zero-order valence-electron chi connectivity index (χ0n) is 14.7. The summed E-state index contributed by atoms with van der Waals surface area (Å²) in [4.78, 5) is 0.165. The highest BCUT2D eigenvalue weighted by molar-refractivity contribution is 7.89. The van der Waals surface area contributed by atoms with Gasteiger partial charge < -0.3 is 4.57 Å². The Bertz CT molecular complexity index is 1150. The van der Waals surface area contributed by atoms with Crippen LogP contribution < -0.4 is 4.72 Å². The van der Waals surface area contributed by atoms with E-state index in [2.05, 4.69) is 32.6 Å². The first-order chi connectivity index (χ1) is 13.1. The fourth-order valence-corrected chi connectivity index (χ4v) is 4.05. The van der Waals surface area contributed by atoms with Gasteiger partial charge in [0.25, 0.3) is 0 Å². The number of sulfonamides is 1. The molecule has 6 nitrogen and oxygen atoms in total. The second-order valence-corrected chi connectivity index (χ2v) is 8.04. The van der Waals surface area contributed by atoms with Gasteiger partial charge in [-0.25, -0.2) is 17.8 Å². The largest absolute Gasteiger partial charge is 0.347 e. The van der Waals surface area contributed by atoms with Crippen LogP contribution in [0.15, 0.2) is 84.1 Å². The van der Waals surface area contributed by atoms with Gasteiger partial charge in [-0.15, -0.1) is 0 Å². The summed E-state index contributed by atoms with van der Waals surface area (Å²) >= 11 is 0. The molecule has 0 atom stereocenters. The van der Waals surface area contributed by atoms with Crippen molar-refractivity contribution in [3.8, 4) is 5.69 Å². The molecule has 0 amide bonds. The number of fused-ring (bicyclic) bond motifs is 1. The number of hydrogen-bond donors (Lipinski definition) is 1. The van der Waals surface area contributed by atoms with Gasteiger partial charge in [0, 0.05) is 24.8 Å². The minimum atomic E-state index is -3.57. The van der Waals surface area contributed by atoms with Gasteiger partial charge in [0.15, 0.2) is 0 Å². The zero-order valence-corrected chi connectivity index (χ0v) is 15.5. The number of para-hydroxylation sites is 2. The SMILES string of the molecule is O=S(=O)(NCCCn1ccc2ccccc21)c1cnn(-c2ccccc2)c1. The topological polar surface area (TPSA) is 68.9 Å². The molecule has 2 heterocycles. The standard InChI is InChI=1S/C20H20N4O2S/c25-27(26,19-15-21-24(16-19)18-8-2-1-3-9-18)22-12-6-13-23-14-11-17-7-4-5-10-20(17)23/h1-5,7-11,14-16,22H,6,12-13H2. The summed E-state index contributed by atoms with van der Waals surface area (Å²) in [7, 11) is -3.57. The van der Waals surface area contributed by atoms with E-state index in [0.717, 1.165) is 17.7 Å². The Morgan fingerprint density at radius 2 is 1.74 bits per heavy atom. The molecule has 0 saturated heterocycles. The highest BCUT2D eigenvalue weighted by Crippen LogP contribution is 2.15. The second-order valence-electron chi connectivity index (χ2n) is 6.28. The normalized spacial score (nSPS) is 11.9. The van der Waals surface area contributed by atoms with Crippen molar-refractivity contribution in [2.45, 2.75) is 17.9 Å². The fraction of sp³-hybridized carbons (Fsp3) is 0.150. The third-order valence-corrected chi connectivity index (χ3v) is 5.85. The maximum absolute atomic E-state index is 12.5.